The molecule has 1 aliphatic heterocycles. The van der Waals surface area contributed by atoms with E-state index in [0.717, 1.165) is 27.7 Å². The van der Waals surface area contributed by atoms with Crippen LogP contribution in [0.15, 0.2) is 102 Å². The molecule has 3 fully saturated rings. The van der Waals surface area contributed by atoms with Crippen LogP contribution < -0.4 is 5.32 Å². The summed E-state index contributed by atoms with van der Waals surface area (Å²) in [6.45, 7) is 9.88. The van der Waals surface area contributed by atoms with Crippen LogP contribution in [0, 0.1) is 16.7 Å². The van der Waals surface area contributed by atoms with Gasteiger partial charge in [0.2, 0.25) is 6.10 Å². The number of nitrogens with one attached hydrogen (secondary N) is 1. The SMILES string of the molecule is CC(=O)O[C@H]1C(=O)[C@@]2(C)C(C(OC(=O)c3ccccc3)[C@]3(O)C[C@H](OC(=O)[C@H](OC(=O)[C@H](C)OC(=O)[C@H](C)O)C(NC(=O)c4ccccc4)c4ccccc4)C(C)=C1C3(C)C)[C@]1(OC(C)=O)CO[C@@H]1C[C@@H]2O. The molecule has 7 rings (SSSR count). The zero-order chi connectivity index (χ0) is 52.7. The van der Waals surface area contributed by atoms with Gasteiger partial charge < -0.3 is 53.8 Å². The highest BCUT2D eigenvalue weighted by Gasteiger charge is 2.78. The van der Waals surface area contributed by atoms with Crippen LogP contribution in [0.4, 0.5) is 0 Å². The molecule has 3 aliphatic carbocycles. The van der Waals surface area contributed by atoms with Crippen molar-refractivity contribution < 1.29 is 86.8 Å². The molecule has 19 nitrogen and oxygen atoms in total. The lowest BCUT2D eigenvalue weighted by Gasteiger charge is -2.67. The normalized spacial score (nSPS) is 29.8. The molecule has 4 aliphatic rings. The minimum absolute atomic E-state index is 0.0133. The average Bonchev–Trinajstić information content (AvgIpc) is 3.33. The molecule has 13 atom stereocenters. The molecule has 3 unspecified atom stereocenters. The lowest BCUT2D eigenvalue weighted by atomic mass is 9.44. The van der Waals surface area contributed by atoms with Gasteiger partial charge >= 0.3 is 35.8 Å². The standard InChI is InChI=1S/C53H59NO18/c1-27-35(69-49(64)41(70-47(62)29(3)67-46(61)28(2)55)39(32-18-12-9-13-19-32)54-45(60)33-20-14-10-15-21-33)25-53(65)44(71-48(63)34-22-16-11-17-23-34)42-51(8,36(58)24-37-52(42,26-66-37)72-31(5)57)43(59)40(68-30(4)56)38(27)50(53,6)7/h9-23,28-29,35-37,39-42,44,55,58,65H,24-26H2,1-8H3,(H,54,60)/t28-,29-,35-,36-,37+,39?,40+,41+,42?,44?,51+,52-,53+/m0/s1. The molecule has 1 heterocycles. The number of aliphatic hydroxyl groups excluding tert-OH is 2. The number of hydrogen-bond donors (Lipinski definition) is 4. The summed E-state index contributed by atoms with van der Waals surface area (Å²) in [6.07, 6.45) is -14.7. The van der Waals surface area contributed by atoms with E-state index in [1.165, 1.54) is 64.1 Å². The van der Waals surface area contributed by atoms with E-state index in [9.17, 15) is 44.1 Å². The van der Waals surface area contributed by atoms with Crippen LogP contribution in [0.25, 0.3) is 0 Å². The Morgan fingerprint density at radius 2 is 1.35 bits per heavy atom. The fourth-order valence-corrected chi connectivity index (χ4v) is 10.8. The van der Waals surface area contributed by atoms with Gasteiger partial charge in [-0.2, -0.15) is 0 Å². The molecule has 19 heteroatoms. The Balaban J connectivity index is 1.42. The summed E-state index contributed by atoms with van der Waals surface area (Å²) >= 11 is 0. The largest absolute Gasteiger partial charge is 0.455 e. The van der Waals surface area contributed by atoms with Crippen LogP contribution in [0.2, 0.25) is 0 Å². The van der Waals surface area contributed by atoms with Crippen molar-refractivity contribution in [3.8, 4) is 0 Å². The van der Waals surface area contributed by atoms with Crippen LogP contribution >= 0.6 is 0 Å². The molecule has 0 spiro atoms. The first-order valence-electron chi connectivity index (χ1n) is 23.5. The lowest BCUT2D eigenvalue weighted by molar-refractivity contribution is -0.346. The van der Waals surface area contributed by atoms with Gasteiger partial charge in [-0.25, -0.2) is 19.2 Å². The van der Waals surface area contributed by atoms with Gasteiger partial charge in [0.1, 0.15) is 36.1 Å². The fraction of sp³-hybridized carbons (Fsp3) is 0.472. The fourth-order valence-electron chi connectivity index (χ4n) is 10.8. The first-order valence-corrected chi connectivity index (χ1v) is 23.5. The molecule has 72 heavy (non-hydrogen) atoms. The highest BCUT2D eigenvalue weighted by molar-refractivity contribution is 5.96. The van der Waals surface area contributed by atoms with Crippen molar-refractivity contribution in [2.24, 2.45) is 16.7 Å². The van der Waals surface area contributed by atoms with Gasteiger partial charge in [0, 0.05) is 37.7 Å². The van der Waals surface area contributed by atoms with E-state index < -0.39 is 137 Å². The number of fused-ring (bicyclic) bond motifs is 5. The second kappa shape index (κ2) is 20.4. The van der Waals surface area contributed by atoms with E-state index in [-0.39, 0.29) is 40.9 Å². The van der Waals surface area contributed by atoms with E-state index >= 15 is 9.59 Å². The number of aliphatic hydroxyl groups is 3. The number of rotatable bonds is 14. The third-order valence-corrected chi connectivity index (χ3v) is 14.7. The molecule has 0 radical (unpaired) electrons. The summed E-state index contributed by atoms with van der Waals surface area (Å²) in [6, 6.07) is 21.9. The predicted octanol–water partition coefficient (Wildman–Crippen LogP) is 3.60. The molecule has 3 aromatic carbocycles. The Kier molecular flexibility index (Phi) is 15.0. The average molecular weight is 998 g/mol. The van der Waals surface area contributed by atoms with Crippen LogP contribution in [0.5, 0.6) is 0 Å². The van der Waals surface area contributed by atoms with Crippen molar-refractivity contribution in [3.05, 3.63) is 119 Å². The lowest BCUT2D eigenvalue weighted by Crippen LogP contribution is -2.82. The highest BCUT2D eigenvalue weighted by atomic mass is 16.6. The van der Waals surface area contributed by atoms with Crippen molar-refractivity contribution in [2.75, 3.05) is 6.61 Å². The van der Waals surface area contributed by atoms with E-state index in [2.05, 4.69) is 5.32 Å². The maximum Gasteiger partial charge on any atom is 0.350 e. The zero-order valence-corrected chi connectivity index (χ0v) is 41.0. The Labute approximate surface area is 415 Å². The minimum atomic E-state index is -2.52. The molecular weight excluding hydrogens is 939 g/mol. The topological polar surface area (TPSA) is 274 Å². The van der Waals surface area contributed by atoms with Crippen molar-refractivity contribution in [1.29, 1.82) is 0 Å². The number of ketones is 1. The molecule has 4 N–H and O–H groups in total. The number of Topliss-reactive ketones (excluding diaryl/α,β-unsaturated/α-hetero) is 1. The van der Waals surface area contributed by atoms with Crippen molar-refractivity contribution in [3.63, 3.8) is 0 Å². The van der Waals surface area contributed by atoms with E-state index in [1.54, 1.807) is 54.6 Å². The highest BCUT2D eigenvalue weighted by Crippen LogP contribution is 2.64. The summed E-state index contributed by atoms with van der Waals surface area (Å²) in [5.41, 5.74) is -7.94. The number of carbonyl (C=O) groups is 8. The molecule has 1 saturated heterocycles. The predicted molar refractivity (Wildman–Crippen MR) is 249 cm³/mol. The van der Waals surface area contributed by atoms with Crippen LogP contribution in [0.1, 0.15) is 101 Å². The second-order valence-corrected chi connectivity index (χ2v) is 19.5. The van der Waals surface area contributed by atoms with Crippen LogP contribution in [-0.4, -0.2) is 129 Å². The van der Waals surface area contributed by atoms with Gasteiger partial charge in [-0.1, -0.05) is 80.6 Å². The number of amides is 1. The third kappa shape index (κ3) is 9.53. The number of carbonyl (C=O) groups excluding carboxylic acids is 8. The van der Waals surface area contributed by atoms with E-state index in [1.807, 2.05) is 0 Å². The first-order chi connectivity index (χ1) is 33.9. The van der Waals surface area contributed by atoms with Crippen molar-refractivity contribution in [1.82, 2.24) is 5.32 Å². The number of benzene rings is 3. The molecule has 384 valence electrons. The Morgan fingerprint density at radius 3 is 1.89 bits per heavy atom. The summed E-state index contributed by atoms with van der Waals surface area (Å²) in [5.74, 6) is -9.92. The minimum Gasteiger partial charge on any atom is -0.455 e. The summed E-state index contributed by atoms with van der Waals surface area (Å²) in [7, 11) is 0. The Hall–Kier alpha value is -6.80. The van der Waals surface area contributed by atoms with Crippen molar-refractivity contribution in [2.45, 2.75) is 134 Å². The summed E-state index contributed by atoms with van der Waals surface area (Å²) in [4.78, 5) is 112. The number of hydrogen-bond acceptors (Lipinski definition) is 18. The third-order valence-electron chi connectivity index (χ3n) is 14.7. The maximum absolute atomic E-state index is 15.7. The Bertz CT molecular complexity index is 2640. The smallest absolute Gasteiger partial charge is 0.350 e. The first kappa shape index (κ1) is 53.0. The molecule has 0 aromatic heterocycles. The second-order valence-electron chi connectivity index (χ2n) is 19.5. The number of ether oxygens (including phenoxy) is 7. The van der Waals surface area contributed by atoms with Crippen LogP contribution in [0.3, 0.4) is 0 Å². The van der Waals surface area contributed by atoms with Crippen molar-refractivity contribution >= 4 is 47.5 Å². The molecule has 2 saturated carbocycles. The zero-order valence-electron chi connectivity index (χ0n) is 41.0. The van der Waals surface area contributed by atoms with Gasteiger partial charge in [-0.05, 0) is 68.7 Å². The summed E-state index contributed by atoms with van der Waals surface area (Å²) < 4.78 is 41.6. The quantitative estimate of drug-likeness (QED) is 0.102. The Morgan fingerprint density at radius 1 is 0.764 bits per heavy atom. The molecule has 1 amide bonds. The number of esters is 6. The van der Waals surface area contributed by atoms with Gasteiger partial charge in [0.25, 0.3) is 5.91 Å². The van der Waals surface area contributed by atoms with Gasteiger partial charge in [-0.3, -0.25) is 19.2 Å². The van der Waals surface area contributed by atoms with E-state index in [4.69, 9.17) is 33.2 Å². The van der Waals surface area contributed by atoms with Gasteiger partial charge in [0.05, 0.1) is 29.6 Å². The monoisotopic (exact) mass is 997 g/mol. The molecule has 2 bridgehead atoms. The molecule has 3 aromatic rings. The van der Waals surface area contributed by atoms with Gasteiger partial charge in [0.15, 0.2) is 23.6 Å². The van der Waals surface area contributed by atoms with Crippen LogP contribution in [-0.2, 0) is 61.9 Å². The summed E-state index contributed by atoms with van der Waals surface area (Å²) in [5, 5.41) is 38.7. The van der Waals surface area contributed by atoms with Gasteiger partial charge in [-0.15, -0.1) is 0 Å². The molecular formula is C53H59NO18. The maximum atomic E-state index is 15.7. The van der Waals surface area contributed by atoms with E-state index in [0.29, 0.717) is 0 Å².